The highest BCUT2D eigenvalue weighted by Crippen LogP contribution is 2.41. The third kappa shape index (κ3) is 5.61. The Morgan fingerprint density at radius 2 is 1.86 bits per heavy atom. The second-order valence-corrected chi connectivity index (χ2v) is 9.15. The van der Waals surface area contributed by atoms with Crippen molar-refractivity contribution in [3.8, 4) is 5.75 Å². The van der Waals surface area contributed by atoms with Gasteiger partial charge >= 0.3 is 12.4 Å². The predicted molar refractivity (Wildman–Crippen MR) is 121 cm³/mol. The van der Waals surface area contributed by atoms with Crippen LogP contribution in [-0.4, -0.2) is 61.6 Å². The van der Waals surface area contributed by atoms with E-state index in [1.54, 1.807) is 29.1 Å². The third-order valence-corrected chi connectivity index (χ3v) is 7.02. The molecule has 0 saturated carbocycles. The molecule has 9 nitrogen and oxygen atoms in total. The lowest BCUT2D eigenvalue weighted by Gasteiger charge is -2.33. The lowest BCUT2D eigenvalue weighted by atomic mass is 10.2. The number of aryl methyl sites for hydroxylation is 1. The van der Waals surface area contributed by atoms with E-state index in [-0.39, 0.29) is 18.3 Å². The quantitative estimate of drug-likeness (QED) is 0.613. The van der Waals surface area contributed by atoms with Crippen LogP contribution in [0.4, 0.5) is 18.0 Å². The number of nitrogens with two attached hydrogens (primary N) is 1. The lowest BCUT2D eigenvalue weighted by Crippen LogP contribution is -2.45. The van der Waals surface area contributed by atoms with Gasteiger partial charge in [0.15, 0.2) is 5.50 Å². The number of urea groups is 1. The van der Waals surface area contributed by atoms with Gasteiger partial charge in [0.2, 0.25) is 0 Å². The molecule has 1 saturated heterocycles. The van der Waals surface area contributed by atoms with Gasteiger partial charge in [0, 0.05) is 31.5 Å². The molecule has 35 heavy (non-hydrogen) atoms. The van der Waals surface area contributed by atoms with Crippen molar-refractivity contribution in [1.29, 1.82) is 0 Å². The van der Waals surface area contributed by atoms with E-state index in [1.165, 1.54) is 36.0 Å². The summed E-state index contributed by atoms with van der Waals surface area (Å²) in [5.41, 5.74) is 7.84. The summed E-state index contributed by atoms with van der Waals surface area (Å²) in [6.45, 7) is 4.98. The molecule has 1 aromatic carbocycles. The summed E-state index contributed by atoms with van der Waals surface area (Å²) >= 11 is 1.21. The van der Waals surface area contributed by atoms with Crippen molar-refractivity contribution in [2.75, 3.05) is 13.1 Å². The van der Waals surface area contributed by atoms with Crippen LogP contribution < -0.4 is 10.5 Å². The SMILES string of the molecule is CC1=C(C(N)=O)SC(N2CCN(Cc3ccc(OC(F)(F)F)cc3)C2=O)N1Cc1cnc(C)cn1. The number of allylic oxidation sites excluding steroid dienone is 1. The normalized spacial score (nSPS) is 18.6. The summed E-state index contributed by atoms with van der Waals surface area (Å²) in [6, 6.07) is 5.15. The minimum absolute atomic E-state index is 0.220. The minimum atomic E-state index is -4.77. The molecular weight excluding hydrogens is 485 g/mol. The van der Waals surface area contributed by atoms with Crippen LogP contribution in [0.25, 0.3) is 0 Å². The topological polar surface area (TPSA) is 105 Å². The van der Waals surface area contributed by atoms with Crippen LogP contribution in [0.2, 0.25) is 0 Å². The summed E-state index contributed by atoms with van der Waals surface area (Å²) < 4.78 is 41.0. The third-order valence-electron chi connectivity index (χ3n) is 5.56. The van der Waals surface area contributed by atoms with Crippen molar-refractivity contribution >= 4 is 23.7 Å². The smallest absolute Gasteiger partial charge is 0.406 e. The first-order chi connectivity index (χ1) is 16.5. The number of nitrogens with zero attached hydrogens (tertiary/aromatic N) is 5. The van der Waals surface area contributed by atoms with Crippen LogP contribution in [0.15, 0.2) is 47.3 Å². The van der Waals surface area contributed by atoms with E-state index < -0.39 is 17.8 Å². The van der Waals surface area contributed by atoms with Crippen LogP contribution in [-0.2, 0) is 17.9 Å². The number of hydrogen-bond acceptors (Lipinski definition) is 7. The molecule has 2 aliphatic heterocycles. The Kier molecular flexibility index (Phi) is 6.79. The molecule has 2 aliphatic rings. The van der Waals surface area contributed by atoms with Gasteiger partial charge in [0.25, 0.3) is 5.91 Å². The van der Waals surface area contributed by atoms with Crippen molar-refractivity contribution < 1.29 is 27.5 Å². The summed E-state index contributed by atoms with van der Waals surface area (Å²) in [5, 5.41) is 0. The zero-order chi connectivity index (χ0) is 25.3. The number of rotatable bonds is 7. The molecule has 13 heteroatoms. The number of ether oxygens (including phenoxy) is 1. The van der Waals surface area contributed by atoms with Crippen molar-refractivity contribution in [2.45, 2.75) is 38.8 Å². The van der Waals surface area contributed by atoms with Crippen LogP contribution in [0.3, 0.4) is 0 Å². The Labute approximate surface area is 203 Å². The Bertz CT molecular complexity index is 1140. The highest BCUT2D eigenvalue weighted by molar-refractivity contribution is 8.04. The number of alkyl halides is 3. The van der Waals surface area contributed by atoms with E-state index in [0.717, 1.165) is 5.69 Å². The fourth-order valence-corrected chi connectivity index (χ4v) is 5.16. The number of aromatic nitrogens is 2. The van der Waals surface area contributed by atoms with E-state index in [0.29, 0.717) is 41.5 Å². The molecule has 1 fully saturated rings. The Balaban J connectivity index is 1.47. The number of amides is 3. The molecule has 3 amide bonds. The van der Waals surface area contributed by atoms with Gasteiger partial charge in [-0.2, -0.15) is 0 Å². The molecule has 4 rings (SSSR count). The van der Waals surface area contributed by atoms with Crippen molar-refractivity contribution in [3.05, 3.63) is 64.2 Å². The molecule has 0 spiro atoms. The number of halogens is 3. The van der Waals surface area contributed by atoms with E-state index >= 15 is 0 Å². The molecular formula is C22H23F3N6O3S. The number of primary amides is 1. The zero-order valence-corrected chi connectivity index (χ0v) is 19.8. The van der Waals surface area contributed by atoms with E-state index in [4.69, 9.17) is 5.73 Å². The second kappa shape index (κ2) is 9.64. The monoisotopic (exact) mass is 508 g/mol. The number of carbonyl (C=O) groups excluding carboxylic acids is 2. The van der Waals surface area contributed by atoms with Gasteiger partial charge in [-0.1, -0.05) is 23.9 Å². The summed E-state index contributed by atoms with van der Waals surface area (Å²) in [6.07, 6.45) is -1.47. The van der Waals surface area contributed by atoms with Crippen LogP contribution >= 0.6 is 11.8 Å². The first-order valence-corrected chi connectivity index (χ1v) is 11.5. The highest BCUT2D eigenvalue weighted by atomic mass is 32.2. The molecule has 0 aliphatic carbocycles. The van der Waals surface area contributed by atoms with E-state index in [2.05, 4.69) is 14.7 Å². The molecule has 0 bridgehead atoms. The Morgan fingerprint density at radius 3 is 2.46 bits per heavy atom. The van der Waals surface area contributed by atoms with Crippen molar-refractivity contribution in [1.82, 2.24) is 24.7 Å². The number of carbonyl (C=O) groups is 2. The second-order valence-electron chi connectivity index (χ2n) is 8.09. The molecule has 1 atom stereocenters. The Morgan fingerprint density at radius 1 is 1.14 bits per heavy atom. The molecule has 1 aromatic heterocycles. The van der Waals surface area contributed by atoms with E-state index in [9.17, 15) is 22.8 Å². The van der Waals surface area contributed by atoms with Gasteiger partial charge in [-0.15, -0.1) is 13.2 Å². The van der Waals surface area contributed by atoms with Crippen molar-refractivity contribution in [2.24, 2.45) is 5.73 Å². The fourth-order valence-electron chi connectivity index (χ4n) is 3.86. The lowest BCUT2D eigenvalue weighted by molar-refractivity contribution is -0.274. The maximum Gasteiger partial charge on any atom is 0.573 e. The average molecular weight is 509 g/mol. The van der Waals surface area contributed by atoms with Gasteiger partial charge < -0.3 is 20.3 Å². The number of thioether (sulfide) groups is 1. The molecule has 2 N–H and O–H groups in total. The minimum Gasteiger partial charge on any atom is -0.406 e. The standard InChI is InChI=1S/C22H23F3N6O3S/c1-13-9-28-16(10-27-13)12-31-14(2)18(19(26)32)35-21(31)30-8-7-29(20(30)33)11-15-3-5-17(6-4-15)34-22(23,24)25/h3-6,9-10,21H,7-8,11-12H2,1-2H3,(H2,26,32). The molecule has 186 valence electrons. The first kappa shape index (κ1) is 24.6. The van der Waals surface area contributed by atoms with Crippen LogP contribution in [0.5, 0.6) is 5.75 Å². The molecule has 3 heterocycles. The average Bonchev–Trinajstić information content (AvgIpc) is 3.30. The first-order valence-electron chi connectivity index (χ1n) is 10.6. The number of hydrogen-bond donors (Lipinski definition) is 1. The van der Waals surface area contributed by atoms with E-state index in [1.807, 2.05) is 11.8 Å². The largest absolute Gasteiger partial charge is 0.573 e. The number of benzene rings is 1. The molecule has 0 radical (unpaired) electrons. The Hall–Kier alpha value is -3.48. The maximum absolute atomic E-state index is 13.3. The molecule has 1 unspecified atom stereocenters. The van der Waals surface area contributed by atoms with Crippen LogP contribution in [0.1, 0.15) is 23.9 Å². The summed E-state index contributed by atoms with van der Waals surface area (Å²) in [4.78, 5) is 39.4. The summed E-state index contributed by atoms with van der Waals surface area (Å²) in [5.74, 6) is -0.895. The highest BCUT2D eigenvalue weighted by Gasteiger charge is 2.42. The van der Waals surface area contributed by atoms with Gasteiger partial charge in [0.1, 0.15) is 5.75 Å². The maximum atomic E-state index is 13.3. The van der Waals surface area contributed by atoms with Gasteiger partial charge in [-0.25, -0.2) is 4.79 Å². The molecule has 2 aromatic rings. The fraction of sp³-hybridized carbons (Fsp3) is 0.364. The zero-order valence-electron chi connectivity index (χ0n) is 19.0. The van der Waals surface area contributed by atoms with Gasteiger partial charge in [-0.3, -0.25) is 19.7 Å². The van der Waals surface area contributed by atoms with Gasteiger partial charge in [-0.05, 0) is 31.5 Å². The predicted octanol–water partition coefficient (Wildman–Crippen LogP) is 3.17. The summed E-state index contributed by atoms with van der Waals surface area (Å²) in [7, 11) is 0. The van der Waals surface area contributed by atoms with Gasteiger partial charge in [0.05, 0.1) is 29.0 Å². The van der Waals surface area contributed by atoms with Crippen molar-refractivity contribution in [3.63, 3.8) is 0 Å². The van der Waals surface area contributed by atoms with Crippen LogP contribution in [0, 0.1) is 6.92 Å².